The molecule has 0 bridgehead atoms. The average Bonchev–Trinajstić information content (AvgIpc) is 2.54. The topological polar surface area (TPSA) is 64.8 Å². The van der Waals surface area contributed by atoms with E-state index in [0.29, 0.717) is 36.1 Å². The summed E-state index contributed by atoms with van der Waals surface area (Å²) in [6, 6.07) is 5.21. The molecule has 5 nitrogen and oxygen atoms in total. The first-order valence-electron chi connectivity index (χ1n) is 8.34. The normalized spacial score (nSPS) is 13.7. The summed E-state index contributed by atoms with van der Waals surface area (Å²) in [5.41, 5.74) is 6.74. The molecule has 2 N–H and O–H groups in total. The zero-order valence-electron chi connectivity index (χ0n) is 15.0. The number of carbonyl (C=O) groups is 1. The molecule has 0 aliphatic heterocycles. The van der Waals surface area contributed by atoms with Gasteiger partial charge in [0.15, 0.2) is 0 Å². The number of carbonyl (C=O) groups excluding carboxylic acids is 1. The maximum absolute atomic E-state index is 12.4. The number of ether oxygens (including phenoxy) is 2. The van der Waals surface area contributed by atoms with E-state index in [1.807, 2.05) is 6.92 Å². The van der Waals surface area contributed by atoms with Crippen molar-refractivity contribution in [3.8, 4) is 5.75 Å². The van der Waals surface area contributed by atoms with Crippen LogP contribution in [0, 0.1) is 5.92 Å². The Morgan fingerprint density at radius 3 is 2.57 bits per heavy atom. The first-order chi connectivity index (χ1) is 10.9. The molecule has 0 fully saturated rings. The summed E-state index contributed by atoms with van der Waals surface area (Å²) >= 11 is 0. The van der Waals surface area contributed by atoms with Gasteiger partial charge >= 0.3 is 5.97 Å². The number of esters is 1. The monoisotopic (exact) mass is 322 g/mol. The first-order valence-corrected chi connectivity index (χ1v) is 8.34. The largest absolute Gasteiger partial charge is 0.493 e. The van der Waals surface area contributed by atoms with Crippen molar-refractivity contribution in [1.29, 1.82) is 0 Å². The molecule has 0 aromatic heterocycles. The van der Waals surface area contributed by atoms with Crippen LogP contribution < -0.4 is 10.5 Å². The maximum atomic E-state index is 12.4. The molecule has 1 rings (SSSR count). The predicted octanol–water partition coefficient (Wildman–Crippen LogP) is 3.19. The molecule has 1 aromatic carbocycles. The highest BCUT2D eigenvalue weighted by Gasteiger charge is 2.23. The Labute approximate surface area is 139 Å². The lowest BCUT2D eigenvalue weighted by Crippen LogP contribution is -2.40. The summed E-state index contributed by atoms with van der Waals surface area (Å²) in [7, 11) is 2.06. The number of nitrogen functional groups attached to an aromatic ring is 1. The van der Waals surface area contributed by atoms with E-state index in [2.05, 4.69) is 32.7 Å². The first kappa shape index (κ1) is 19.3. The Bertz CT molecular complexity index is 495. The van der Waals surface area contributed by atoms with Crippen LogP contribution in [0.3, 0.4) is 0 Å². The van der Waals surface area contributed by atoms with E-state index in [1.54, 1.807) is 18.2 Å². The van der Waals surface area contributed by atoms with Gasteiger partial charge in [0.25, 0.3) is 0 Å². The lowest BCUT2D eigenvalue weighted by atomic mass is 9.98. The maximum Gasteiger partial charge on any atom is 0.341 e. The number of rotatable bonds is 9. The molecule has 130 valence electrons. The molecule has 0 heterocycles. The van der Waals surface area contributed by atoms with Gasteiger partial charge in [0.2, 0.25) is 0 Å². The molecule has 0 radical (unpaired) electrons. The second-order valence-corrected chi connectivity index (χ2v) is 5.81. The van der Waals surface area contributed by atoms with Gasteiger partial charge in [0, 0.05) is 17.8 Å². The molecule has 2 atom stereocenters. The molecule has 0 aliphatic rings. The third-order valence-electron chi connectivity index (χ3n) is 4.28. The predicted molar refractivity (Wildman–Crippen MR) is 93.9 cm³/mol. The van der Waals surface area contributed by atoms with Gasteiger partial charge in [-0.05, 0) is 38.6 Å². The molecule has 0 amide bonds. The van der Waals surface area contributed by atoms with E-state index in [1.165, 1.54) is 0 Å². The van der Waals surface area contributed by atoms with Crippen LogP contribution in [0.2, 0.25) is 0 Å². The fourth-order valence-electron chi connectivity index (χ4n) is 2.45. The van der Waals surface area contributed by atoms with Crippen LogP contribution in [0.15, 0.2) is 18.2 Å². The molecule has 0 saturated carbocycles. The number of hydrogen-bond acceptors (Lipinski definition) is 5. The summed E-state index contributed by atoms with van der Waals surface area (Å²) in [4.78, 5) is 14.6. The van der Waals surface area contributed by atoms with Gasteiger partial charge in [-0.1, -0.05) is 27.2 Å². The highest BCUT2D eigenvalue weighted by atomic mass is 16.5. The van der Waals surface area contributed by atoms with E-state index < -0.39 is 0 Å². The molecule has 5 heteroatoms. The van der Waals surface area contributed by atoms with E-state index in [-0.39, 0.29) is 12.0 Å². The van der Waals surface area contributed by atoms with Gasteiger partial charge in [0.1, 0.15) is 17.9 Å². The minimum absolute atomic E-state index is 0.207. The zero-order valence-corrected chi connectivity index (χ0v) is 15.0. The number of nitrogens with zero attached hydrogens (tertiary/aromatic N) is 1. The second-order valence-electron chi connectivity index (χ2n) is 5.81. The SMILES string of the molecule is CCOc1cc(N)ccc1C(=O)OCC(C(C)CC)N(C)CC. The van der Waals surface area contributed by atoms with E-state index >= 15 is 0 Å². The van der Waals surface area contributed by atoms with Crippen LogP contribution in [0.1, 0.15) is 44.5 Å². The number of likely N-dealkylation sites (N-methyl/N-ethyl adjacent to an activating group) is 1. The van der Waals surface area contributed by atoms with Crippen molar-refractivity contribution in [2.24, 2.45) is 5.92 Å². The number of benzene rings is 1. The van der Waals surface area contributed by atoms with Crippen molar-refractivity contribution in [2.75, 3.05) is 32.5 Å². The molecule has 23 heavy (non-hydrogen) atoms. The van der Waals surface area contributed by atoms with Crippen LogP contribution in [-0.2, 0) is 4.74 Å². The zero-order chi connectivity index (χ0) is 17.4. The molecule has 2 unspecified atom stereocenters. The molecular weight excluding hydrogens is 292 g/mol. The Balaban J connectivity index is 2.82. The van der Waals surface area contributed by atoms with Gasteiger partial charge in [-0.3, -0.25) is 0 Å². The number of nitrogens with two attached hydrogens (primary N) is 1. The Hall–Kier alpha value is -1.75. The van der Waals surface area contributed by atoms with Crippen molar-refractivity contribution in [3.63, 3.8) is 0 Å². The fourth-order valence-corrected chi connectivity index (χ4v) is 2.45. The third-order valence-corrected chi connectivity index (χ3v) is 4.28. The van der Waals surface area contributed by atoms with Crippen molar-refractivity contribution in [1.82, 2.24) is 4.90 Å². The van der Waals surface area contributed by atoms with Crippen molar-refractivity contribution < 1.29 is 14.3 Å². The van der Waals surface area contributed by atoms with Crippen LogP contribution in [0.4, 0.5) is 5.69 Å². The Kier molecular flexibility index (Phi) is 7.89. The summed E-state index contributed by atoms with van der Waals surface area (Å²) < 4.78 is 11.1. The van der Waals surface area contributed by atoms with E-state index in [9.17, 15) is 4.79 Å². The summed E-state index contributed by atoms with van der Waals surface area (Å²) in [5, 5.41) is 0. The van der Waals surface area contributed by atoms with Gasteiger partial charge in [-0.2, -0.15) is 0 Å². The summed E-state index contributed by atoms with van der Waals surface area (Å²) in [6.45, 7) is 10.1. The van der Waals surface area contributed by atoms with Gasteiger partial charge in [-0.15, -0.1) is 0 Å². The van der Waals surface area contributed by atoms with Crippen LogP contribution in [0.5, 0.6) is 5.75 Å². The van der Waals surface area contributed by atoms with E-state index in [4.69, 9.17) is 15.2 Å². The quantitative estimate of drug-likeness (QED) is 0.559. The highest BCUT2D eigenvalue weighted by Crippen LogP contribution is 2.23. The van der Waals surface area contributed by atoms with Crippen molar-refractivity contribution >= 4 is 11.7 Å². The second kappa shape index (κ2) is 9.40. The van der Waals surface area contributed by atoms with Gasteiger partial charge < -0.3 is 20.1 Å². The average molecular weight is 322 g/mol. The summed E-state index contributed by atoms with van der Waals surface area (Å²) in [5.74, 6) is 0.554. The molecule has 0 aliphatic carbocycles. The van der Waals surface area contributed by atoms with Crippen molar-refractivity contribution in [2.45, 2.75) is 40.2 Å². The highest BCUT2D eigenvalue weighted by molar-refractivity contribution is 5.93. The van der Waals surface area contributed by atoms with Crippen LogP contribution >= 0.6 is 0 Å². The minimum atomic E-state index is -0.369. The molecule has 0 saturated heterocycles. The molecular formula is C18H30N2O3. The Morgan fingerprint density at radius 2 is 2.00 bits per heavy atom. The number of hydrogen-bond donors (Lipinski definition) is 1. The standard InChI is InChI=1S/C18H30N2O3/c1-6-13(4)16(20(5)7-2)12-23-18(21)15-10-9-14(19)11-17(15)22-8-3/h9-11,13,16H,6-8,12,19H2,1-5H3. The summed E-state index contributed by atoms with van der Waals surface area (Å²) in [6.07, 6.45) is 1.04. The lowest BCUT2D eigenvalue weighted by Gasteiger charge is -2.31. The lowest BCUT2D eigenvalue weighted by molar-refractivity contribution is 0.0305. The number of anilines is 1. The minimum Gasteiger partial charge on any atom is -0.493 e. The van der Waals surface area contributed by atoms with Gasteiger partial charge in [0.05, 0.1) is 6.61 Å². The fraction of sp³-hybridized carbons (Fsp3) is 0.611. The third kappa shape index (κ3) is 5.43. The molecule has 1 aromatic rings. The van der Waals surface area contributed by atoms with Crippen LogP contribution in [-0.4, -0.2) is 43.7 Å². The Morgan fingerprint density at radius 1 is 1.30 bits per heavy atom. The van der Waals surface area contributed by atoms with Crippen LogP contribution in [0.25, 0.3) is 0 Å². The molecule has 0 spiro atoms. The van der Waals surface area contributed by atoms with Gasteiger partial charge in [-0.25, -0.2) is 4.79 Å². The smallest absolute Gasteiger partial charge is 0.341 e. The van der Waals surface area contributed by atoms with Crippen molar-refractivity contribution in [3.05, 3.63) is 23.8 Å². The van der Waals surface area contributed by atoms with E-state index in [0.717, 1.165) is 13.0 Å².